The van der Waals surface area contributed by atoms with Crippen molar-refractivity contribution in [2.24, 2.45) is 0 Å². The lowest BCUT2D eigenvalue weighted by atomic mass is 9.93. The summed E-state index contributed by atoms with van der Waals surface area (Å²) in [5, 5.41) is 18.7. The molecule has 3 heterocycles. The molecule has 0 N–H and O–H groups in total. The lowest BCUT2D eigenvalue weighted by Crippen LogP contribution is -2.33. The van der Waals surface area contributed by atoms with Crippen LogP contribution in [-0.4, -0.2) is 52.0 Å². The van der Waals surface area contributed by atoms with Crippen LogP contribution in [-0.2, 0) is 24.4 Å². The molecule has 10 heteroatoms. The minimum absolute atomic E-state index is 0.0257. The summed E-state index contributed by atoms with van der Waals surface area (Å²) in [6, 6.07) is 17.5. The van der Waals surface area contributed by atoms with E-state index in [1.807, 2.05) is 24.3 Å². The Bertz CT molecular complexity index is 1700. The Morgan fingerprint density at radius 1 is 1.10 bits per heavy atom. The largest absolute Gasteiger partial charge is 0.473 e. The Morgan fingerprint density at radius 3 is 2.60 bits per heavy atom. The highest BCUT2D eigenvalue weighted by molar-refractivity contribution is 5.99. The molecule has 0 aliphatic carbocycles. The summed E-state index contributed by atoms with van der Waals surface area (Å²) in [6.07, 6.45) is 1.80. The van der Waals surface area contributed by atoms with Crippen molar-refractivity contribution in [3.63, 3.8) is 0 Å². The third kappa shape index (κ3) is 6.31. The van der Waals surface area contributed by atoms with Crippen molar-refractivity contribution in [3.05, 3.63) is 88.1 Å². The van der Waals surface area contributed by atoms with Gasteiger partial charge in [0.1, 0.15) is 29.8 Å². The average Bonchev–Trinajstić information content (AvgIpc) is 3.35. The van der Waals surface area contributed by atoms with Crippen LogP contribution in [0.2, 0.25) is 0 Å². The van der Waals surface area contributed by atoms with Gasteiger partial charge in [0.05, 0.1) is 35.9 Å². The molecular weight excluding hydrogens is 535 g/mol. The van der Waals surface area contributed by atoms with Crippen LogP contribution in [0.3, 0.4) is 0 Å². The number of carbonyl (C=O) groups excluding carboxylic acids is 1. The van der Waals surface area contributed by atoms with E-state index in [9.17, 15) is 14.4 Å². The van der Waals surface area contributed by atoms with Gasteiger partial charge in [-0.25, -0.2) is 14.4 Å². The zero-order chi connectivity index (χ0) is 29.6. The maximum atomic E-state index is 14.2. The first-order valence-corrected chi connectivity index (χ1v) is 13.8. The second kappa shape index (κ2) is 12.9. The number of nitrogens with zero attached hydrogens (tertiary/aromatic N) is 6. The van der Waals surface area contributed by atoms with Gasteiger partial charge in [-0.3, -0.25) is 9.69 Å². The lowest BCUT2D eigenvalue weighted by Gasteiger charge is -2.31. The first-order chi connectivity index (χ1) is 20.4. The molecule has 42 heavy (non-hydrogen) atoms. The zero-order valence-corrected chi connectivity index (χ0v) is 23.6. The fourth-order valence-electron chi connectivity index (χ4n) is 5.32. The summed E-state index contributed by atoms with van der Waals surface area (Å²) in [5.41, 5.74) is 3.83. The number of likely N-dealkylation sites (tertiary alicyclic amines) is 1. The summed E-state index contributed by atoms with van der Waals surface area (Å²) >= 11 is 0. The van der Waals surface area contributed by atoms with Crippen molar-refractivity contribution >= 4 is 16.8 Å². The molecular formula is C32H31FN6O3. The number of aromatic nitrogens is 3. The molecule has 1 aliphatic rings. The van der Waals surface area contributed by atoms with E-state index in [-0.39, 0.29) is 23.9 Å². The van der Waals surface area contributed by atoms with E-state index in [4.69, 9.17) is 24.7 Å². The number of benzene rings is 2. The van der Waals surface area contributed by atoms with Crippen LogP contribution in [0.4, 0.5) is 4.39 Å². The first-order valence-electron chi connectivity index (χ1n) is 13.8. The maximum Gasteiger partial charge on any atom is 0.213 e. The van der Waals surface area contributed by atoms with Gasteiger partial charge in [0.25, 0.3) is 0 Å². The molecule has 0 bridgehead atoms. The van der Waals surface area contributed by atoms with Crippen LogP contribution in [0, 0.1) is 28.5 Å². The van der Waals surface area contributed by atoms with Gasteiger partial charge in [0, 0.05) is 42.5 Å². The quantitative estimate of drug-likeness (QED) is 0.243. The van der Waals surface area contributed by atoms with E-state index in [1.165, 1.54) is 13.0 Å². The number of hydrogen-bond donors (Lipinski definition) is 0. The number of imidazole rings is 1. The number of rotatable bonds is 10. The second-order valence-electron chi connectivity index (χ2n) is 10.4. The molecule has 0 radical (unpaired) electrons. The standard InChI is InChI=1S/C32H31FN6O3/c1-21(40)25-15-26(18-35)32-29(16-25)39(12-13-41-2)30(37-32)19-38-10-8-23(9-11-38)28-4-3-5-31(36-28)42-20-24-7-6-22(17-34)14-27(24)33/h3-7,14-16,23H,8-13,19-20H2,1-2H3. The Hall–Kier alpha value is -4.64. The predicted molar refractivity (Wildman–Crippen MR) is 153 cm³/mol. The number of hydrogen-bond acceptors (Lipinski definition) is 8. The van der Waals surface area contributed by atoms with Crippen molar-refractivity contribution in [3.8, 4) is 18.0 Å². The van der Waals surface area contributed by atoms with Gasteiger partial charge in [-0.15, -0.1) is 0 Å². The highest BCUT2D eigenvalue weighted by Gasteiger charge is 2.24. The van der Waals surface area contributed by atoms with Crippen LogP contribution < -0.4 is 4.74 Å². The highest BCUT2D eigenvalue weighted by Crippen LogP contribution is 2.30. The van der Waals surface area contributed by atoms with E-state index < -0.39 is 5.82 Å². The van der Waals surface area contributed by atoms with Gasteiger partial charge in [0.2, 0.25) is 5.88 Å². The summed E-state index contributed by atoms with van der Waals surface area (Å²) in [7, 11) is 1.64. The number of fused-ring (bicyclic) bond motifs is 1. The van der Waals surface area contributed by atoms with Crippen LogP contribution in [0.15, 0.2) is 48.5 Å². The number of ether oxygens (including phenoxy) is 2. The molecule has 2 aromatic heterocycles. The van der Waals surface area contributed by atoms with E-state index in [0.717, 1.165) is 43.0 Å². The van der Waals surface area contributed by atoms with Gasteiger partial charge >= 0.3 is 0 Å². The molecule has 0 unspecified atom stereocenters. The van der Waals surface area contributed by atoms with Crippen molar-refractivity contribution < 1.29 is 18.7 Å². The van der Waals surface area contributed by atoms with Crippen molar-refractivity contribution in [2.75, 3.05) is 26.8 Å². The monoisotopic (exact) mass is 566 g/mol. The van der Waals surface area contributed by atoms with Crippen LogP contribution >= 0.6 is 0 Å². The number of carbonyl (C=O) groups is 1. The van der Waals surface area contributed by atoms with Gasteiger partial charge in [-0.1, -0.05) is 12.1 Å². The second-order valence-corrected chi connectivity index (χ2v) is 10.4. The summed E-state index contributed by atoms with van der Waals surface area (Å²) in [6.45, 7) is 4.85. The van der Waals surface area contributed by atoms with E-state index in [2.05, 4.69) is 15.5 Å². The maximum absolute atomic E-state index is 14.2. The van der Waals surface area contributed by atoms with Crippen molar-refractivity contribution in [2.45, 2.75) is 45.4 Å². The number of nitriles is 2. The molecule has 0 spiro atoms. The first kappa shape index (κ1) is 28.9. The van der Waals surface area contributed by atoms with Gasteiger partial charge in [-0.05, 0) is 63.2 Å². The average molecular weight is 567 g/mol. The molecule has 2 aromatic carbocycles. The topological polar surface area (TPSA) is 117 Å². The minimum atomic E-state index is -0.475. The molecule has 1 aliphatic heterocycles. The molecule has 5 rings (SSSR count). The lowest BCUT2D eigenvalue weighted by molar-refractivity contribution is 0.101. The van der Waals surface area contributed by atoms with Crippen LogP contribution in [0.25, 0.3) is 11.0 Å². The van der Waals surface area contributed by atoms with E-state index in [1.54, 1.807) is 31.4 Å². The number of piperidine rings is 1. The fourth-order valence-corrected chi connectivity index (χ4v) is 5.32. The third-order valence-electron chi connectivity index (χ3n) is 7.65. The van der Waals surface area contributed by atoms with E-state index in [0.29, 0.717) is 47.8 Å². The molecule has 0 atom stereocenters. The Morgan fingerprint density at radius 2 is 1.90 bits per heavy atom. The molecule has 0 amide bonds. The minimum Gasteiger partial charge on any atom is -0.473 e. The molecule has 1 saturated heterocycles. The van der Waals surface area contributed by atoms with Gasteiger partial charge in [0.15, 0.2) is 5.78 Å². The van der Waals surface area contributed by atoms with Gasteiger partial charge in [-0.2, -0.15) is 10.5 Å². The summed E-state index contributed by atoms with van der Waals surface area (Å²) in [5.74, 6) is 0.953. The van der Waals surface area contributed by atoms with E-state index >= 15 is 0 Å². The number of methoxy groups -OCH3 is 1. The van der Waals surface area contributed by atoms with Crippen LogP contribution in [0.5, 0.6) is 5.88 Å². The summed E-state index contributed by atoms with van der Waals surface area (Å²) < 4.78 is 27.4. The third-order valence-corrected chi connectivity index (χ3v) is 7.65. The van der Waals surface area contributed by atoms with Crippen LogP contribution in [0.1, 0.15) is 64.2 Å². The Kier molecular flexibility index (Phi) is 8.87. The normalized spacial score (nSPS) is 14.0. The number of halogens is 1. The molecule has 1 fully saturated rings. The molecule has 9 nitrogen and oxygen atoms in total. The number of Topliss-reactive ketones (excluding diaryl/α,β-unsaturated/α-hetero) is 1. The fraction of sp³-hybridized carbons (Fsp3) is 0.344. The SMILES string of the molecule is COCCn1c(CN2CCC(c3cccc(OCc4ccc(C#N)cc4F)n3)CC2)nc2c(C#N)cc(C(C)=O)cc21. The highest BCUT2D eigenvalue weighted by atomic mass is 19.1. The molecule has 214 valence electrons. The number of pyridine rings is 1. The summed E-state index contributed by atoms with van der Waals surface area (Å²) in [4.78, 5) is 24.0. The van der Waals surface area contributed by atoms with Crippen molar-refractivity contribution in [1.29, 1.82) is 10.5 Å². The smallest absolute Gasteiger partial charge is 0.213 e. The van der Waals surface area contributed by atoms with Gasteiger partial charge < -0.3 is 14.0 Å². The Balaban J connectivity index is 1.26. The molecule has 0 saturated carbocycles. The molecule has 4 aromatic rings. The zero-order valence-electron chi connectivity index (χ0n) is 23.6. The Labute approximate surface area is 243 Å². The predicted octanol–water partition coefficient (Wildman–Crippen LogP) is 5.12. The number of ketones is 1. The van der Waals surface area contributed by atoms with Crippen molar-refractivity contribution in [1.82, 2.24) is 19.4 Å².